The van der Waals surface area contributed by atoms with E-state index in [1.54, 1.807) is 6.92 Å². The van der Waals surface area contributed by atoms with Crippen molar-refractivity contribution < 1.29 is 4.79 Å². The number of aryl methyl sites for hydroxylation is 1. The van der Waals surface area contributed by atoms with Crippen molar-refractivity contribution >= 4 is 5.91 Å². The lowest BCUT2D eigenvalue weighted by Crippen LogP contribution is -2.40. The quantitative estimate of drug-likeness (QED) is 0.824. The standard InChI is InChI=1S/C19H24N2O/c1-15(20)19(22)21-18(17-12-6-3-7-13-17)14-8-11-16-9-4-2-5-10-16/h2-7,9-10,12-13,15,18H,8,11,14,20H2,1H3,(H,21,22). The van der Waals surface area contributed by atoms with Gasteiger partial charge in [-0.2, -0.15) is 0 Å². The highest BCUT2D eigenvalue weighted by Crippen LogP contribution is 2.20. The lowest BCUT2D eigenvalue weighted by molar-refractivity contribution is -0.122. The Morgan fingerprint density at radius 2 is 1.64 bits per heavy atom. The molecule has 1 amide bonds. The second-order valence-electron chi connectivity index (χ2n) is 5.64. The molecule has 0 saturated carbocycles. The van der Waals surface area contributed by atoms with Gasteiger partial charge in [0.05, 0.1) is 12.1 Å². The minimum atomic E-state index is -0.486. The third-order valence-corrected chi connectivity index (χ3v) is 3.73. The van der Waals surface area contributed by atoms with Gasteiger partial charge in [0.1, 0.15) is 0 Å². The summed E-state index contributed by atoms with van der Waals surface area (Å²) in [6, 6.07) is 20.0. The topological polar surface area (TPSA) is 55.1 Å². The number of carbonyl (C=O) groups excluding carboxylic acids is 1. The summed E-state index contributed by atoms with van der Waals surface area (Å²) in [7, 11) is 0. The largest absolute Gasteiger partial charge is 0.348 e. The molecule has 0 aromatic heterocycles. The fourth-order valence-corrected chi connectivity index (χ4v) is 2.47. The van der Waals surface area contributed by atoms with E-state index in [0.717, 1.165) is 24.8 Å². The zero-order chi connectivity index (χ0) is 15.8. The van der Waals surface area contributed by atoms with Crippen LogP contribution in [0.15, 0.2) is 60.7 Å². The van der Waals surface area contributed by atoms with Gasteiger partial charge in [-0.25, -0.2) is 0 Å². The second-order valence-corrected chi connectivity index (χ2v) is 5.64. The van der Waals surface area contributed by atoms with Gasteiger partial charge in [-0.05, 0) is 37.3 Å². The number of amides is 1. The Balaban J connectivity index is 1.97. The van der Waals surface area contributed by atoms with Crippen LogP contribution in [0.5, 0.6) is 0 Å². The molecule has 0 heterocycles. The molecule has 116 valence electrons. The lowest BCUT2D eigenvalue weighted by Gasteiger charge is -2.20. The summed E-state index contributed by atoms with van der Waals surface area (Å²) in [4.78, 5) is 11.9. The fourth-order valence-electron chi connectivity index (χ4n) is 2.47. The van der Waals surface area contributed by atoms with Crippen LogP contribution < -0.4 is 11.1 Å². The van der Waals surface area contributed by atoms with Crippen molar-refractivity contribution in [3.8, 4) is 0 Å². The van der Waals surface area contributed by atoms with E-state index in [-0.39, 0.29) is 11.9 Å². The van der Waals surface area contributed by atoms with Crippen molar-refractivity contribution in [2.24, 2.45) is 5.73 Å². The molecule has 0 aliphatic rings. The summed E-state index contributed by atoms with van der Waals surface area (Å²) < 4.78 is 0. The molecule has 3 heteroatoms. The summed E-state index contributed by atoms with van der Waals surface area (Å²) in [5.74, 6) is -0.103. The van der Waals surface area contributed by atoms with Crippen LogP contribution in [0, 0.1) is 0 Å². The molecule has 0 radical (unpaired) electrons. The number of benzene rings is 2. The molecule has 0 aliphatic heterocycles. The first kappa shape index (κ1) is 16.2. The van der Waals surface area contributed by atoms with Gasteiger partial charge in [-0.3, -0.25) is 4.79 Å². The average Bonchev–Trinajstić information content (AvgIpc) is 2.55. The Hall–Kier alpha value is -2.13. The summed E-state index contributed by atoms with van der Waals surface area (Å²) >= 11 is 0. The fraction of sp³-hybridized carbons (Fsp3) is 0.316. The molecule has 0 fully saturated rings. The van der Waals surface area contributed by atoms with E-state index in [1.807, 2.05) is 24.3 Å². The molecular formula is C19H24N2O. The van der Waals surface area contributed by atoms with Crippen LogP contribution in [0.2, 0.25) is 0 Å². The van der Waals surface area contributed by atoms with Crippen LogP contribution in [0.3, 0.4) is 0 Å². The van der Waals surface area contributed by atoms with E-state index in [4.69, 9.17) is 5.73 Å². The van der Waals surface area contributed by atoms with Crippen molar-refractivity contribution in [1.29, 1.82) is 0 Å². The lowest BCUT2D eigenvalue weighted by atomic mass is 9.98. The maximum atomic E-state index is 11.9. The van der Waals surface area contributed by atoms with E-state index in [1.165, 1.54) is 5.56 Å². The summed E-state index contributed by atoms with van der Waals surface area (Å²) in [5, 5.41) is 3.06. The third kappa shape index (κ3) is 5.01. The normalized spacial score (nSPS) is 13.4. The number of rotatable bonds is 7. The molecule has 2 aromatic carbocycles. The SMILES string of the molecule is CC(N)C(=O)NC(CCCc1ccccc1)c1ccccc1. The van der Waals surface area contributed by atoms with Crippen molar-refractivity contribution in [2.75, 3.05) is 0 Å². The Labute approximate surface area is 132 Å². The number of nitrogens with two attached hydrogens (primary N) is 1. The maximum Gasteiger partial charge on any atom is 0.237 e. The highest BCUT2D eigenvalue weighted by molar-refractivity contribution is 5.81. The van der Waals surface area contributed by atoms with E-state index in [2.05, 4.69) is 41.7 Å². The van der Waals surface area contributed by atoms with Crippen molar-refractivity contribution in [3.05, 3.63) is 71.8 Å². The maximum absolute atomic E-state index is 11.9. The van der Waals surface area contributed by atoms with Crippen molar-refractivity contribution in [2.45, 2.75) is 38.3 Å². The van der Waals surface area contributed by atoms with Crippen molar-refractivity contribution in [1.82, 2.24) is 5.32 Å². The highest BCUT2D eigenvalue weighted by atomic mass is 16.2. The van der Waals surface area contributed by atoms with E-state index in [9.17, 15) is 4.79 Å². The van der Waals surface area contributed by atoms with Gasteiger partial charge < -0.3 is 11.1 Å². The van der Waals surface area contributed by atoms with Gasteiger partial charge in [-0.1, -0.05) is 60.7 Å². The minimum absolute atomic E-state index is 0.0170. The van der Waals surface area contributed by atoms with E-state index < -0.39 is 6.04 Å². The number of hydrogen-bond acceptors (Lipinski definition) is 2. The smallest absolute Gasteiger partial charge is 0.237 e. The monoisotopic (exact) mass is 296 g/mol. The zero-order valence-electron chi connectivity index (χ0n) is 13.0. The minimum Gasteiger partial charge on any atom is -0.348 e. The molecule has 0 spiro atoms. The van der Waals surface area contributed by atoms with Gasteiger partial charge in [0, 0.05) is 0 Å². The number of carbonyl (C=O) groups is 1. The zero-order valence-corrected chi connectivity index (χ0v) is 13.0. The molecule has 0 bridgehead atoms. The Bertz CT molecular complexity index is 567. The first-order valence-corrected chi connectivity index (χ1v) is 7.81. The highest BCUT2D eigenvalue weighted by Gasteiger charge is 2.16. The van der Waals surface area contributed by atoms with Gasteiger partial charge >= 0.3 is 0 Å². The second kappa shape index (κ2) is 8.35. The average molecular weight is 296 g/mol. The van der Waals surface area contributed by atoms with E-state index in [0.29, 0.717) is 0 Å². The Morgan fingerprint density at radius 1 is 1.05 bits per heavy atom. The number of nitrogens with one attached hydrogen (secondary N) is 1. The summed E-state index contributed by atoms with van der Waals surface area (Å²) in [6.45, 7) is 1.71. The first-order chi connectivity index (χ1) is 10.7. The predicted octanol–water partition coefficient (Wildman–Crippen LogP) is 3.21. The van der Waals surface area contributed by atoms with Crippen LogP contribution in [0.1, 0.15) is 36.9 Å². The van der Waals surface area contributed by atoms with Crippen molar-refractivity contribution in [3.63, 3.8) is 0 Å². The van der Waals surface area contributed by atoms with Gasteiger partial charge in [0.2, 0.25) is 5.91 Å². The Morgan fingerprint density at radius 3 is 2.23 bits per heavy atom. The molecule has 2 atom stereocenters. The molecule has 2 unspecified atom stereocenters. The molecule has 0 aliphatic carbocycles. The molecule has 0 saturated heterocycles. The summed E-state index contributed by atoms with van der Waals surface area (Å²) in [6.07, 6.45) is 2.93. The van der Waals surface area contributed by atoms with Crippen LogP contribution in [-0.4, -0.2) is 11.9 Å². The van der Waals surface area contributed by atoms with Crippen LogP contribution >= 0.6 is 0 Å². The molecule has 2 aromatic rings. The van der Waals surface area contributed by atoms with Gasteiger partial charge in [0.15, 0.2) is 0 Å². The van der Waals surface area contributed by atoms with Gasteiger partial charge in [-0.15, -0.1) is 0 Å². The van der Waals surface area contributed by atoms with Crippen LogP contribution in [-0.2, 0) is 11.2 Å². The van der Waals surface area contributed by atoms with Crippen LogP contribution in [0.4, 0.5) is 0 Å². The first-order valence-electron chi connectivity index (χ1n) is 7.81. The predicted molar refractivity (Wildman–Crippen MR) is 90.4 cm³/mol. The summed E-state index contributed by atoms with van der Waals surface area (Å²) in [5.41, 5.74) is 8.13. The molecule has 22 heavy (non-hydrogen) atoms. The van der Waals surface area contributed by atoms with Gasteiger partial charge in [0.25, 0.3) is 0 Å². The molecular weight excluding hydrogens is 272 g/mol. The molecule has 3 N–H and O–H groups in total. The third-order valence-electron chi connectivity index (χ3n) is 3.73. The number of hydrogen-bond donors (Lipinski definition) is 2. The molecule has 2 rings (SSSR count). The Kier molecular flexibility index (Phi) is 6.16. The molecule has 3 nitrogen and oxygen atoms in total. The van der Waals surface area contributed by atoms with Crippen LogP contribution in [0.25, 0.3) is 0 Å². The van der Waals surface area contributed by atoms with E-state index >= 15 is 0 Å².